The van der Waals surface area contributed by atoms with Crippen LogP contribution in [0.3, 0.4) is 0 Å². The average molecular weight is 271 g/mol. The zero-order valence-electron chi connectivity index (χ0n) is 12.0. The molecule has 21 heavy (non-hydrogen) atoms. The predicted octanol–water partition coefficient (Wildman–Crippen LogP) is 3.40. The third-order valence-electron chi connectivity index (χ3n) is 4.06. The highest BCUT2D eigenvalue weighted by Crippen LogP contribution is 2.15. The molecule has 1 unspecified atom stereocenters. The number of fused-ring (bicyclic) bond motifs is 3. The van der Waals surface area contributed by atoms with Gasteiger partial charge in [-0.1, -0.05) is 67.6 Å². The third-order valence-corrected chi connectivity index (χ3v) is 4.06. The maximum atomic E-state index is 2.37. The number of hydrogen-bond donors (Lipinski definition) is 0. The van der Waals surface area contributed by atoms with Gasteiger partial charge in [0.15, 0.2) is 0 Å². The second-order valence-electron chi connectivity index (χ2n) is 5.56. The van der Waals surface area contributed by atoms with Gasteiger partial charge in [-0.2, -0.15) is 0 Å². The zero-order chi connectivity index (χ0) is 14.2. The van der Waals surface area contributed by atoms with E-state index in [1.54, 1.807) is 0 Å². The van der Waals surface area contributed by atoms with Crippen LogP contribution in [0.2, 0.25) is 0 Å². The summed E-state index contributed by atoms with van der Waals surface area (Å²) in [6.45, 7) is 2.23. The quantitative estimate of drug-likeness (QED) is 0.639. The molecule has 1 aliphatic rings. The summed E-state index contributed by atoms with van der Waals surface area (Å²) in [6.07, 6.45) is 9.00. The molecule has 4 rings (SSSR count). The van der Waals surface area contributed by atoms with Gasteiger partial charge >= 0.3 is 0 Å². The Morgan fingerprint density at radius 3 is 2.52 bits per heavy atom. The molecule has 0 saturated carbocycles. The second-order valence-corrected chi connectivity index (χ2v) is 5.56. The Kier molecular flexibility index (Phi) is 2.78. The van der Waals surface area contributed by atoms with Crippen molar-refractivity contribution in [3.63, 3.8) is 0 Å². The monoisotopic (exact) mass is 271 g/mol. The van der Waals surface area contributed by atoms with Gasteiger partial charge in [0.05, 0.1) is 10.9 Å². The summed E-state index contributed by atoms with van der Waals surface area (Å²) >= 11 is 0. The summed E-state index contributed by atoms with van der Waals surface area (Å²) in [5.41, 5.74) is 2.48. The molecule has 1 heterocycles. The van der Waals surface area contributed by atoms with Crippen LogP contribution in [0.4, 0.5) is 0 Å². The molecular formula is C20H17N. The van der Waals surface area contributed by atoms with Gasteiger partial charge < -0.3 is 4.57 Å². The largest absolute Gasteiger partial charge is 0.310 e. The fourth-order valence-electron chi connectivity index (χ4n) is 3.11. The summed E-state index contributed by atoms with van der Waals surface area (Å²) in [4.78, 5) is 0. The van der Waals surface area contributed by atoms with Crippen molar-refractivity contribution in [2.24, 2.45) is 5.92 Å². The van der Waals surface area contributed by atoms with E-state index in [9.17, 15) is 0 Å². The fraction of sp³-hybridized carbons (Fsp3) is 0.100. The number of hydrogen-bond acceptors (Lipinski definition) is 0. The molecule has 0 fully saturated rings. The molecule has 1 nitrogen and oxygen atoms in total. The molecule has 1 atom stereocenters. The van der Waals surface area contributed by atoms with Crippen molar-refractivity contribution in [3.8, 4) is 5.69 Å². The zero-order valence-corrected chi connectivity index (χ0v) is 12.0. The predicted molar refractivity (Wildman–Crippen MR) is 89.8 cm³/mol. The van der Waals surface area contributed by atoms with Gasteiger partial charge in [-0.25, -0.2) is 0 Å². The minimum atomic E-state index is 0.439. The van der Waals surface area contributed by atoms with Gasteiger partial charge in [0.1, 0.15) is 0 Å². The first-order valence-electron chi connectivity index (χ1n) is 7.40. The van der Waals surface area contributed by atoms with Crippen molar-refractivity contribution in [1.82, 2.24) is 4.57 Å². The second kappa shape index (κ2) is 4.78. The Balaban J connectivity index is 2.23. The lowest BCUT2D eigenvalue weighted by Crippen LogP contribution is -2.28. The van der Waals surface area contributed by atoms with E-state index < -0.39 is 0 Å². The summed E-state index contributed by atoms with van der Waals surface area (Å²) in [5, 5.41) is 3.92. The fourth-order valence-corrected chi connectivity index (χ4v) is 3.11. The van der Waals surface area contributed by atoms with E-state index in [4.69, 9.17) is 0 Å². The molecule has 0 saturated heterocycles. The lowest BCUT2D eigenvalue weighted by atomic mass is 10.1. The number of nitrogens with zero attached hydrogens (tertiary/aromatic N) is 1. The van der Waals surface area contributed by atoms with Gasteiger partial charge in [-0.05, 0) is 24.1 Å². The molecule has 0 amide bonds. The van der Waals surface area contributed by atoms with Crippen molar-refractivity contribution in [1.29, 1.82) is 0 Å². The maximum absolute atomic E-state index is 2.37. The minimum Gasteiger partial charge on any atom is -0.310 e. The van der Waals surface area contributed by atoms with Gasteiger partial charge in [0, 0.05) is 16.3 Å². The topological polar surface area (TPSA) is 4.93 Å². The van der Waals surface area contributed by atoms with E-state index in [2.05, 4.69) is 90.4 Å². The Hall–Kier alpha value is -2.54. The van der Waals surface area contributed by atoms with E-state index in [1.807, 2.05) is 0 Å². The summed E-state index contributed by atoms with van der Waals surface area (Å²) in [6, 6.07) is 19.2. The first kappa shape index (κ1) is 12.2. The van der Waals surface area contributed by atoms with Crippen molar-refractivity contribution in [2.45, 2.75) is 6.92 Å². The molecule has 0 radical (unpaired) electrons. The molecule has 2 aromatic carbocycles. The summed E-state index contributed by atoms with van der Waals surface area (Å²) in [5.74, 6) is 0.439. The van der Waals surface area contributed by atoms with E-state index in [0.29, 0.717) is 5.92 Å². The lowest BCUT2D eigenvalue weighted by molar-refractivity contribution is 0.972. The van der Waals surface area contributed by atoms with Crippen LogP contribution in [-0.4, -0.2) is 4.57 Å². The van der Waals surface area contributed by atoms with Crippen LogP contribution in [0, 0.1) is 5.92 Å². The van der Waals surface area contributed by atoms with Crippen molar-refractivity contribution in [3.05, 3.63) is 77.3 Å². The van der Waals surface area contributed by atoms with E-state index >= 15 is 0 Å². The highest BCUT2D eigenvalue weighted by atomic mass is 15.0. The maximum Gasteiger partial charge on any atom is 0.0540 e. The number of benzene rings is 2. The number of rotatable bonds is 1. The van der Waals surface area contributed by atoms with Crippen LogP contribution in [0.1, 0.15) is 6.92 Å². The highest BCUT2D eigenvalue weighted by Gasteiger charge is 2.10. The van der Waals surface area contributed by atoms with E-state index in [0.717, 1.165) is 0 Å². The molecule has 0 spiro atoms. The first-order valence-corrected chi connectivity index (χ1v) is 7.40. The molecule has 1 heteroatoms. The van der Waals surface area contributed by atoms with E-state index in [-0.39, 0.29) is 0 Å². The lowest BCUT2D eigenvalue weighted by Gasteiger charge is -2.07. The molecule has 0 aliphatic heterocycles. The molecule has 3 aromatic rings. The van der Waals surface area contributed by atoms with Gasteiger partial charge in [0.2, 0.25) is 0 Å². The van der Waals surface area contributed by atoms with Gasteiger partial charge in [0.25, 0.3) is 0 Å². The van der Waals surface area contributed by atoms with E-state index in [1.165, 1.54) is 27.2 Å². The highest BCUT2D eigenvalue weighted by molar-refractivity contribution is 5.84. The van der Waals surface area contributed by atoms with Crippen molar-refractivity contribution in [2.75, 3.05) is 0 Å². The van der Waals surface area contributed by atoms with Crippen LogP contribution >= 0.6 is 0 Å². The summed E-state index contributed by atoms with van der Waals surface area (Å²) in [7, 11) is 0. The standard InChI is InChI=1S/C20H17N/c1-15-8-7-12-18-17-11-5-6-13-19(17)21(20(18)14-15)16-9-3-2-4-10-16/h2-15H,1H3. The van der Waals surface area contributed by atoms with Crippen molar-refractivity contribution < 1.29 is 0 Å². The molecule has 1 aromatic heterocycles. The van der Waals surface area contributed by atoms with Gasteiger partial charge in [-0.15, -0.1) is 0 Å². The Bertz CT molecular complexity index is 943. The number of para-hydroxylation sites is 2. The minimum absolute atomic E-state index is 0.439. The van der Waals surface area contributed by atoms with Crippen LogP contribution in [-0.2, 0) is 0 Å². The molecule has 102 valence electrons. The molecule has 0 N–H and O–H groups in total. The van der Waals surface area contributed by atoms with Gasteiger partial charge in [-0.3, -0.25) is 0 Å². The average Bonchev–Trinajstić information content (AvgIpc) is 2.68. The SMILES string of the molecule is CC1C=CC=c2c(n(-c3ccccc3)c3ccccc23)=C1. The third kappa shape index (κ3) is 1.93. The van der Waals surface area contributed by atoms with Crippen LogP contribution in [0.5, 0.6) is 0 Å². The first-order chi connectivity index (χ1) is 10.3. The molecule has 0 bridgehead atoms. The molecule has 1 aliphatic carbocycles. The number of allylic oxidation sites excluding steroid dienone is 2. The Labute approximate surface area is 124 Å². The van der Waals surface area contributed by atoms with Crippen molar-refractivity contribution >= 4 is 23.1 Å². The number of aromatic nitrogens is 1. The normalized spacial score (nSPS) is 16.9. The summed E-state index contributed by atoms with van der Waals surface area (Å²) < 4.78 is 2.37. The Morgan fingerprint density at radius 2 is 1.67 bits per heavy atom. The smallest absolute Gasteiger partial charge is 0.0540 e. The van der Waals surface area contributed by atoms with Crippen LogP contribution in [0.15, 0.2) is 66.7 Å². The molecular weight excluding hydrogens is 254 g/mol. The van der Waals surface area contributed by atoms with Crippen LogP contribution in [0.25, 0.3) is 28.7 Å². The Morgan fingerprint density at radius 1 is 0.905 bits per heavy atom. The van der Waals surface area contributed by atoms with Crippen LogP contribution < -0.4 is 10.6 Å².